The molecule has 0 aliphatic carbocycles. The summed E-state index contributed by atoms with van der Waals surface area (Å²) >= 11 is 0. The summed E-state index contributed by atoms with van der Waals surface area (Å²) in [7, 11) is -3.86. The Labute approximate surface area is 200 Å². The summed E-state index contributed by atoms with van der Waals surface area (Å²) in [6, 6.07) is 18.7. The minimum atomic E-state index is -3.86. The number of nitrogens with two attached hydrogens (primary N) is 1. The van der Waals surface area contributed by atoms with Crippen molar-refractivity contribution < 1.29 is 27.2 Å². The van der Waals surface area contributed by atoms with Crippen molar-refractivity contribution in [1.82, 2.24) is 0 Å². The number of carbonyl (C=O) groups is 2. The number of fused-ring (bicyclic) bond motifs is 1. The van der Waals surface area contributed by atoms with Gasteiger partial charge >= 0.3 is 5.97 Å². The summed E-state index contributed by atoms with van der Waals surface area (Å²) in [5.41, 5.74) is 1.16. The van der Waals surface area contributed by atoms with Crippen molar-refractivity contribution in [2.45, 2.75) is 11.8 Å². The van der Waals surface area contributed by atoms with Gasteiger partial charge in [0.2, 0.25) is 10.0 Å². The maximum atomic E-state index is 12.9. The van der Waals surface area contributed by atoms with Crippen LogP contribution in [0.25, 0.3) is 22.3 Å². The number of primary sulfonamides is 1. The monoisotopic (exact) mass is 492 g/mol. The van der Waals surface area contributed by atoms with Crippen LogP contribution >= 0.6 is 0 Å². The maximum Gasteiger partial charge on any atom is 0.342 e. The lowest BCUT2D eigenvalue weighted by Crippen LogP contribution is -2.21. The van der Waals surface area contributed by atoms with Gasteiger partial charge in [-0.05, 0) is 43.3 Å². The molecule has 1 aromatic heterocycles. The lowest BCUT2D eigenvalue weighted by atomic mass is 10.0. The fraction of sp³-hybridized carbons (Fsp3) is 0.0800. The molecule has 178 valence electrons. The van der Waals surface area contributed by atoms with Gasteiger partial charge in [0, 0.05) is 16.8 Å². The molecular formula is C25H20N2O7S. The van der Waals surface area contributed by atoms with E-state index in [2.05, 4.69) is 5.32 Å². The predicted molar refractivity (Wildman–Crippen MR) is 129 cm³/mol. The summed E-state index contributed by atoms with van der Waals surface area (Å²) in [4.78, 5) is 37.8. The van der Waals surface area contributed by atoms with E-state index in [1.54, 1.807) is 37.3 Å². The number of amides is 1. The SMILES string of the molecule is Cc1c(-c2ccccc2)oc2c(C(=O)OCC(=O)Nc3ccc(S(N)(=O)=O)cc3)cccc2c1=O. The second-order valence-electron chi connectivity index (χ2n) is 7.63. The van der Waals surface area contributed by atoms with E-state index in [9.17, 15) is 22.8 Å². The normalized spacial score (nSPS) is 11.3. The molecule has 35 heavy (non-hydrogen) atoms. The van der Waals surface area contributed by atoms with Gasteiger partial charge in [-0.1, -0.05) is 36.4 Å². The molecule has 0 saturated heterocycles. The van der Waals surface area contributed by atoms with Crippen molar-refractivity contribution in [2.24, 2.45) is 5.14 Å². The number of rotatable bonds is 6. The van der Waals surface area contributed by atoms with E-state index >= 15 is 0 Å². The number of sulfonamides is 1. The smallest absolute Gasteiger partial charge is 0.342 e. The number of esters is 1. The molecule has 4 rings (SSSR count). The Morgan fingerprint density at radius 3 is 2.31 bits per heavy atom. The molecule has 3 N–H and O–H groups in total. The second-order valence-corrected chi connectivity index (χ2v) is 9.19. The first kappa shape index (κ1) is 23.9. The number of hydrogen-bond donors (Lipinski definition) is 2. The third-order valence-electron chi connectivity index (χ3n) is 5.20. The van der Waals surface area contributed by atoms with Crippen LogP contribution in [0.15, 0.2) is 86.9 Å². The minimum Gasteiger partial charge on any atom is -0.455 e. The molecule has 10 heteroatoms. The summed E-state index contributed by atoms with van der Waals surface area (Å²) in [6.07, 6.45) is 0. The molecule has 0 aliphatic heterocycles. The first-order chi connectivity index (χ1) is 16.6. The third-order valence-corrected chi connectivity index (χ3v) is 6.13. The summed E-state index contributed by atoms with van der Waals surface area (Å²) in [5, 5.41) is 7.75. The highest BCUT2D eigenvalue weighted by Crippen LogP contribution is 2.27. The molecule has 0 unspecified atom stereocenters. The Morgan fingerprint density at radius 2 is 1.66 bits per heavy atom. The van der Waals surface area contributed by atoms with Crippen molar-refractivity contribution in [1.29, 1.82) is 0 Å². The van der Waals surface area contributed by atoms with Crippen LogP contribution < -0.4 is 15.9 Å². The molecule has 0 spiro atoms. The van der Waals surface area contributed by atoms with Crippen molar-refractivity contribution in [3.63, 3.8) is 0 Å². The average molecular weight is 493 g/mol. The van der Waals surface area contributed by atoms with Crippen LogP contribution in [0.1, 0.15) is 15.9 Å². The Balaban J connectivity index is 1.54. The lowest BCUT2D eigenvalue weighted by molar-refractivity contribution is -0.119. The molecule has 4 aromatic rings. The zero-order chi connectivity index (χ0) is 25.2. The highest BCUT2D eigenvalue weighted by molar-refractivity contribution is 7.89. The molecule has 3 aromatic carbocycles. The molecule has 9 nitrogen and oxygen atoms in total. The van der Waals surface area contributed by atoms with E-state index in [0.717, 1.165) is 0 Å². The molecule has 1 heterocycles. The van der Waals surface area contributed by atoms with Crippen LogP contribution in [0.5, 0.6) is 0 Å². The van der Waals surface area contributed by atoms with Crippen molar-refractivity contribution in [3.05, 3.63) is 94.1 Å². The molecule has 0 bridgehead atoms. The van der Waals surface area contributed by atoms with E-state index in [0.29, 0.717) is 16.9 Å². The fourth-order valence-electron chi connectivity index (χ4n) is 3.47. The number of nitrogens with one attached hydrogen (secondary N) is 1. The number of ether oxygens (including phenoxy) is 1. The van der Waals surface area contributed by atoms with Gasteiger partial charge in [-0.25, -0.2) is 18.4 Å². The van der Waals surface area contributed by atoms with E-state index in [1.807, 2.05) is 6.07 Å². The van der Waals surface area contributed by atoms with Crippen molar-refractivity contribution in [2.75, 3.05) is 11.9 Å². The average Bonchev–Trinajstić information content (AvgIpc) is 2.84. The quantitative estimate of drug-likeness (QED) is 0.393. The predicted octanol–water partition coefficient (Wildman–Crippen LogP) is 3.21. The van der Waals surface area contributed by atoms with Crippen molar-refractivity contribution >= 4 is 38.6 Å². The summed E-state index contributed by atoms with van der Waals surface area (Å²) in [6.45, 7) is 1.03. The third kappa shape index (κ3) is 5.13. The minimum absolute atomic E-state index is 0.00193. The van der Waals surface area contributed by atoms with Gasteiger partial charge in [0.25, 0.3) is 5.91 Å². The number of para-hydroxylation sites is 1. The van der Waals surface area contributed by atoms with E-state index in [1.165, 1.54) is 36.4 Å². The van der Waals surface area contributed by atoms with E-state index in [4.69, 9.17) is 14.3 Å². The fourth-order valence-corrected chi connectivity index (χ4v) is 3.98. The topological polar surface area (TPSA) is 146 Å². The Morgan fingerprint density at radius 1 is 0.971 bits per heavy atom. The Hall–Kier alpha value is -4.28. The molecule has 0 fully saturated rings. The summed E-state index contributed by atoms with van der Waals surface area (Å²) < 4.78 is 33.8. The molecule has 0 radical (unpaired) electrons. The zero-order valence-electron chi connectivity index (χ0n) is 18.5. The van der Waals surface area contributed by atoms with Crippen LogP contribution in [0, 0.1) is 6.92 Å². The first-order valence-electron chi connectivity index (χ1n) is 10.4. The van der Waals surface area contributed by atoms with Gasteiger partial charge < -0.3 is 14.5 Å². The van der Waals surface area contributed by atoms with E-state index in [-0.39, 0.29) is 32.5 Å². The number of benzene rings is 3. The van der Waals surface area contributed by atoms with Crippen LogP contribution in [-0.4, -0.2) is 26.9 Å². The van der Waals surface area contributed by atoms with E-state index < -0.39 is 28.5 Å². The maximum absolute atomic E-state index is 12.9. The highest BCUT2D eigenvalue weighted by Gasteiger charge is 2.20. The Bertz CT molecular complexity index is 1590. The van der Waals surface area contributed by atoms with Gasteiger partial charge in [0.05, 0.1) is 10.3 Å². The summed E-state index contributed by atoms with van der Waals surface area (Å²) in [5.74, 6) is -1.16. The van der Waals surface area contributed by atoms with Gasteiger partial charge in [-0.3, -0.25) is 9.59 Å². The van der Waals surface area contributed by atoms with Crippen LogP contribution in [0.4, 0.5) is 5.69 Å². The number of anilines is 1. The number of carbonyl (C=O) groups excluding carboxylic acids is 2. The largest absolute Gasteiger partial charge is 0.455 e. The first-order valence-corrected chi connectivity index (χ1v) is 11.9. The van der Waals surface area contributed by atoms with Gasteiger partial charge in [0.15, 0.2) is 17.6 Å². The molecular weight excluding hydrogens is 472 g/mol. The molecule has 1 amide bonds. The standard InChI is InChI=1S/C25H20N2O7S/c1-15-22(29)19-8-5-9-20(24(19)34-23(15)16-6-3-2-4-7-16)25(30)33-14-21(28)27-17-10-12-18(13-11-17)35(26,31)32/h2-13H,14H2,1H3,(H,27,28)(H2,26,31,32). The zero-order valence-corrected chi connectivity index (χ0v) is 19.3. The van der Waals surface area contributed by atoms with Gasteiger partial charge in [-0.15, -0.1) is 0 Å². The highest BCUT2D eigenvalue weighted by atomic mass is 32.2. The molecule has 0 aliphatic rings. The van der Waals surface area contributed by atoms with Crippen LogP contribution in [-0.2, 0) is 19.6 Å². The second kappa shape index (κ2) is 9.53. The molecule has 0 saturated carbocycles. The lowest BCUT2D eigenvalue weighted by Gasteiger charge is -2.11. The molecule has 0 atom stereocenters. The van der Waals surface area contributed by atoms with Gasteiger partial charge in [0.1, 0.15) is 11.3 Å². The van der Waals surface area contributed by atoms with Gasteiger partial charge in [-0.2, -0.15) is 0 Å². The Kier molecular flexibility index (Phi) is 6.50. The van der Waals surface area contributed by atoms with Crippen molar-refractivity contribution in [3.8, 4) is 11.3 Å². The number of hydrogen-bond acceptors (Lipinski definition) is 7. The van der Waals surface area contributed by atoms with Crippen LogP contribution in [0.2, 0.25) is 0 Å². The van der Waals surface area contributed by atoms with Crippen LogP contribution in [0.3, 0.4) is 0 Å².